The van der Waals surface area contributed by atoms with Crippen molar-refractivity contribution in [3.8, 4) is 5.75 Å². The average molecular weight is 394 g/mol. The second-order valence-corrected chi connectivity index (χ2v) is 8.11. The summed E-state index contributed by atoms with van der Waals surface area (Å²) in [7, 11) is -3.09. The minimum atomic E-state index is -4.52. The molecule has 1 saturated heterocycles. The van der Waals surface area contributed by atoms with Crippen molar-refractivity contribution in [2.75, 3.05) is 18.1 Å². The molecule has 1 heterocycles. The molecule has 0 radical (unpaired) electrons. The summed E-state index contributed by atoms with van der Waals surface area (Å²) in [5.74, 6) is -1.78. The maximum Gasteiger partial charge on any atom is 0.416 e. The molecule has 1 atom stereocenters. The Morgan fingerprint density at radius 2 is 1.88 bits per heavy atom. The van der Waals surface area contributed by atoms with E-state index in [1.807, 2.05) is 0 Å². The van der Waals surface area contributed by atoms with Gasteiger partial charge < -0.3 is 4.74 Å². The first-order valence-electron chi connectivity index (χ1n) is 7.63. The van der Waals surface area contributed by atoms with Crippen molar-refractivity contribution >= 4 is 21.7 Å². The molecule has 2 amide bonds. The van der Waals surface area contributed by atoms with Gasteiger partial charge in [-0.2, -0.15) is 13.2 Å². The molecule has 1 unspecified atom stereocenters. The van der Waals surface area contributed by atoms with Gasteiger partial charge in [0.2, 0.25) is 5.91 Å². The molecule has 1 aromatic carbocycles. The van der Waals surface area contributed by atoms with Crippen LogP contribution >= 0.6 is 0 Å². The number of benzene rings is 1. The van der Waals surface area contributed by atoms with E-state index in [-0.39, 0.29) is 29.6 Å². The standard InChI is InChI=1S/C15H17F3N2O5S/c16-15(17,18)11-2-1-3-12(7-11)25-8-14(22)20-19-13(21)6-10-4-5-26(23,24)9-10/h1-3,7,10H,4-6,8-9H2,(H,19,21)(H,20,22). The van der Waals surface area contributed by atoms with E-state index in [2.05, 4.69) is 10.9 Å². The predicted octanol–water partition coefficient (Wildman–Crippen LogP) is 1.06. The first-order chi connectivity index (χ1) is 12.0. The molecule has 0 bridgehead atoms. The number of amides is 2. The molecule has 2 N–H and O–H groups in total. The van der Waals surface area contributed by atoms with Gasteiger partial charge in [0, 0.05) is 6.42 Å². The van der Waals surface area contributed by atoms with E-state index in [4.69, 9.17) is 4.74 Å². The lowest BCUT2D eigenvalue weighted by molar-refractivity contribution is -0.137. The first-order valence-corrected chi connectivity index (χ1v) is 9.45. The quantitative estimate of drug-likeness (QED) is 0.727. The summed E-state index contributed by atoms with van der Waals surface area (Å²) >= 11 is 0. The predicted molar refractivity (Wildman–Crippen MR) is 84.6 cm³/mol. The van der Waals surface area contributed by atoms with Gasteiger partial charge in [0.25, 0.3) is 5.91 Å². The van der Waals surface area contributed by atoms with Crippen LogP contribution in [0.25, 0.3) is 0 Å². The van der Waals surface area contributed by atoms with Gasteiger partial charge in [-0.15, -0.1) is 0 Å². The summed E-state index contributed by atoms with van der Waals surface area (Å²) in [4.78, 5) is 23.2. The van der Waals surface area contributed by atoms with E-state index in [1.54, 1.807) is 0 Å². The van der Waals surface area contributed by atoms with Crippen LogP contribution in [0.2, 0.25) is 0 Å². The largest absolute Gasteiger partial charge is 0.484 e. The fourth-order valence-corrected chi connectivity index (χ4v) is 4.29. The SMILES string of the molecule is O=C(COc1cccc(C(F)(F)F)c1)NNC(=O)CC1CCS(=O)(=O)C1. The minimum absolute atomic E-state index is 0.0438. The van der Waals surface area contributed by atoms with Crippen molar-refractivity contribution in [3.63, 3.8) is 0 Å². The highest BCUT2D eigenvalue weighted by molar-refractivity contribution is 7.91. The Hall–Kier alpha value is -2.30. The van der Waals surface area contributed by atoms with Crippen LogP contribution in [-0.4, -0.2) is 38.3 Å². The average Bonchev–Trinajstić information content (AvgIpc) is 2.89. The van der Waals surface area contributed by atoms with Crippen LogP contribution in [0.5, 0.6) is 5.75 Å². The second kappa shape index (κ2) is 7.94. The zero-order chi connectivity index (χ0) is 19.4. The fourth-order valence-electron chi connectivity index (χ4n) is 2.43. The van der Waals surface area contributed by atoms with E-state index >= 15 is 0 Å². The van der Waals surface area contributed by atoms with E-state index in [0.717, 1.165) is 18.2 Å². The molecule has 11 heteroatoms. The highest BCUT2D eigenvalue weighted by Gasteiger charge is 2.31. The summed E-state index contributed by atoms with van der Waals surface area (Å²) in [6.07, 6.45) is -4.18. The van der Waals surface area contributed by atoms with Crippen LogP contribution in [0.1, 0.15) is 18.4 Å². The number of hydrazine groups is 1. The topological polar surface area (TPSA) is 102 Å². The van der Waals surface area contributed by atoms with Gasteiger partial charge in [-0.25, -0.2) is 8.42 Å². The summed E-state index contributed by atoms with van der Waals surface area (Å²) < 4.78 is 65.3. The Kier molecular flexibility index (Phi) is 6.11. The zero-order valence-electron chi connectivity index (χ0n) is 13.5. The van der Waals surface area contributed by atoms with Crippen molar-refractivity contribution in [2.24, 2.45) is 5.92 Å². The third-order valence-corrected chi connectivity index (χ3v) is 5.51. The summed E-state index contributed by atoms with van der Waals surface area (Å²) in [5.41, 5.74) is 3.27. The number of nitrogens with one attached hydrogen (secondary N) is 2. The van der Waals surface area contributed by atoms with Gasteiger partial charge in [-0.1, -0.05) is 6.07 Å². The number of carbonyl (C=O) groups is 2. The third-order valence-electron chi connectivity index (χ3n) is 3.67. The van der Waals surface area contributed by atoms with Crippen LogP contribution in [-0.2, 0) is 25.6 Å². The number of carbonyl (C=O) groups excluding carboxylic acids is 2. The monoisotopic (exact) mass is 394 g/mol. The molecule has 1 aromatic rings. The van der Waals surface area contributed by atoms with Gasteiger partial charge in [-0.3, -0.25) is 20.4 Å². The van der Waals surface area contributed by atoms with E-state index in [1.165, 1.54) is 6.07 Å². The fraction of sp³-hybridized carbons (Fsp3) is 0.467. The van der Waals surface area contributed by atoms with Gasteiger partial charge in [0.05, 0.1) is 17.1 Å². The van der Waals surface area contributed by atoms with Crippen LogP contribution in [0.3, 0.4) is 0 Å². The van der Waals surface area contributed by atoms with Crippen molar-refractivity contribution in [1.29, 1.82) is 0 Å². The van der Waals surface area contributed by atoms with Crippen LogP contribution in [0, 0.1) is 5.92 Å². The number of rotatable bonds is 5. The number of alkyl halides is 3. The molecule has 7 nitrogen and oxygen atoms in total. The van der Waals surface area contributed by atoms with Gasteiger partial charge >= 0.3 is 6.18 Å². The molecule has 1 fully saturated rings. The number of hydrogen-bond acceptors (Lipinski definition) is 5. The van der Waals surface area contributed by atoms with Crippen LogP contribution < -0.4 is 15.6 Å². The van der Waals surface area contributed by atoms with Crippen molar-refractivity contribution in [1.82, 2.24) is 10.9 Å². The third kappa shape index (κ3) is 6.21. The number of halogens is 3. The Labute approximate surface area is 147 Å². The van der Waals surface area contributed by atoms with Gasteiger partial charge in [-0.05, 0) is 30.5 Å². The summed E-state index contributed by atoms with van der Waals surface area (Å²) in [6, 6.07) is 4.04. The number of hydrogen-bond donors (Lipinski definition) is 2. The Morgan fingerprint density at radius 1 is 1.19 bits per heavy atom. The van der Waals surface area contributed by atoms with Crippen molar-refractivity contribution < 1.29 is 35.9 Å². The molecule has 26 heavy (non-hydrogen) atoms. The molecule has 0 spiro atoms. The van der Waals surface area contributed by atoms with Crippen molar-refractivity contribution in [3.05, 3.63) is 29.8 Å². The lowest BCUT2D eigenvalue weighted by Gasteiger charge is -2.12. The highest BCUT2D eigenvalue weighted by Crippen LogP contribution is 2.31. The first kappa shape index (κ1) is 20.0. The maximum absolute atomic E-state index is 12.6. The maximum atomic E-state index is 12.6. The lowest BCUT2D eigenvalue weighted by atomic mass is 10.1. The lowest BCUT2D eigenvalue weighted by Crippen LogP contribution is -2.44. The normalized spacial score (nSPS) is 19.0. The van der Waals surface area contributed by atoms with E-state index in [0.29, 0.717) is 6.42 Å². The Balaban J connectivity index is 1.73. The van der Waals surface area contributed by atoms with E-state index < -0.39 is 40.0 Å². The zero-order valence-corrected chi connectivity index (χ0v) is 14.3. The summed E-state index contributed by atoms with van der Waals surface area (Å²) in [5, 5.41) is 0. The smallest absolute Gasteiger partial charge is 0.416 e. The molecule has 1 aliphatic rings. The molecule has 1 aliphatic heterocycles. The second-order valence-electron chi connectivity index (χ2n) is 5.88. The molecular weight excluding hydrogens is 377 g/mol. The minimum Gasteiger partial charge on any atom is -0.484 e. The van der Waals surface area contributed by atoms with E-state index in [9.17, 15) is 31.2 Å². The van der Waals surface area contributed by atoms with Gasteiger partial charge in [0.15, 0.2) is 16.4 Å². The summed E-state index contributed by atoms with van der Waals surface area (Å²) in [6.45, 7) is -0.598. The van der Waals surface area contributed by atoms with Crippen molar-refractivity contribution in [2.45, 2.75) is 19.0 Å². The van der Waals surface area contributed by atoms with Crippen LogP contribution in [0.15, 0.2) is 24.3 Å². The molecule has 0 aromatic heterocycles. The molecule has 2 rings (SSSR count). The number of sulfone groups is 1. The van der Waals surface area contributed by atoms with Crippen LogP contribution in [0.4, 0.5) is 13.2 Å². The molecule has 144 valence electrons. The highest BCUT2D eigenvalue weighted by atomic mass is 32.2. The molecule has 0 saturated carbocycles. The number of ether oxygens (including phenoxy) is 1. The Morgan fingerprint density at radius 3 is 2.50 bits per heavy atom. The molecule has 0 aliphatic carbocycles. The molecular formula is C15H17F3N2O5S. The van der Waals surface area contributed by atoms with Gasteiger partial charge in [0.1, 0.15) is 5.75 Å². The Bertz CT molecular complexity index is 780.